The van der Waals surface area contributed by atoms with Crippen molar-refractivity contribution in [1.82, 2.24) is 0 Å². The van der Waals surface area contributed by atoms with Gasteiger partial charge >= 0.3 is 6.18 Å². The van der Waals surface area contributed by atoms with Crippen molar-refractivity contribution >= 4 is 0 Å². The predicted molar refractivity (Wildman–Crippen MR) is 55.9 cm³/mol. The second-order valence-corrected chi connectivity index (χ2v) is 4.50. The molecule has 2 rings (SSSR count). The molecule has 0 unspecified atom stereocenters. The Morgan fingerprint density at radius 2 is 1.88 bits per heavy atom. The first-order valence-corrected chi connectivity index (χ1v) is 5.31. The molecule has 1 aromatic carbocycles. The van der Waals surface area contributed by atoms with E-state index in [1.807, 2.05) is 0 Å². The number of hydrogen-bond donors (Lipinski definition) is 1. The molecule has 88 valence electrons. The van der Waals surface area contributed by atoms with Gasteiger partial charge < -0.3 is 5.73 Å². The fourth-order valence-electron chi connectivity index (χ4n) is 2.37. The van der Waals surface area contributed by atoms with Gasteiger partial charge in [0.25, 0.3) is 0 Å². The Bertz CT molecular complexity index is 405. The molecule has 1 saturated carbocycles. The Hall–Kier alpha value is -1.03. The first-order chi connectivity index (χ1) is 7.34. The van der Waals surface area contributed by atoms with E-state index in [2.05, 4.69) is 0 Å². The molecule has 4 heteroatoms. The summed E-state index contributed by atoms with van der Waals surface area (Å²) in [6, 6.07) is 4.25. The normalized spacial score (nSPS) is 19.3. The SMILES string of the molecule is Cc1cccc(C(F)(F)F)c1C1(N)CCC1. The molecule has 1 aliphatic carbocycles. The summed E-state index contributed by atoms with van der Waals surface area (Å²) in [6.45, 7) is 1.69. The van der Waals surface area contributed by atoms with E-state index < -0.39 is 17.3 Å². The zero-order valence-electron chi connectivity index (χ0n) is 9.06. The Balaban J connectivity index is 2.58. The summed E-state index contributed by atoms with van der Waals surface area (Å²) in [7, 11) is 0. The van der Waals surface area contributed by atoms with Gasteiger partial charge in [-0.15, -0.1) is 0 Å². The van der Waals surface area contributed by atoms with Crippen molar-refractivity contribution in [3.8, 4) is 0 Å². The molecule has 1 nitrogen and oxygen atoms in total. The summed E-state index contributed by atoms with van der Waals surface area (Å²) in [5.74, 6) is 0. The second-order valence-electron chi connectivity index (χ2n) is 4.50. The number of aryl methyl sites for hydroxylation is 1. The van der Waals surface area contributed by atoms with Crippen molar-refractivity contribution in [3.05, 3.63) is 34.9 Å². The van der Waals surface area contributed by atoms with Crippen molar-refractivity contribution < 1.29 is 13.2 Å². The number of rotatable bonds is 1. The second kappa shape index (κ2) is 3.48. The van der Waals surface area contributed by atoms with Crippen molar-refractivity contribution in [3.63, 3.8) is 0 Å². The van der Waals surface area contributed by atoms with Gasteiger partial charge in [0.15, 0.2) is 0 Å². The molecule has 0 atom stereocenters. The van der Waals surface area contributed by atoms with Gasteiger partial charge in [-0.2, -0.15) is 13.2 Å². The first kappa shape index (κ1) is 11.5. The smallest absolute Gasteiger partial charge is 0.321 e. The molecule has 16 heavy (non-hydrogen) atoms. The highest BCUT2D eigenvalue weighted by molar-refractivity contribution is 5.42. The maximum atomic E-state index is 12.9. The fourth-order valence-corrected chi connectivity index (χ4v) is 2.37. The Morgan fingerprint density at radius 3 is 2.31 bits per heavy atom. The van der Waals surface area contributed by atoms with E-state index in [0.717, 1.165) is 12.5 Å². The molecular formula is C12H14F3N. The van der Waals surface area contributed by atoms with Gasteiger partial charge in [0.05, 0.1) is 5.56 Å². The predicted octanol–water partition coefficient (Wildman–Crippen LogP) is 3.35. The van der Waals surface area contributed by atoms with Crippen LogP contribution in [0.1, 0.15) is 36.0 Å². The molecule has 0 spiro atoms. The van der Waals surface area contributed by atoms with E-state index in [9.17, 15) is 13.2 Å². The van der Waals surface area contributed by atoms with Crippen molar-refractivity contribution in [2.45, 2.75) is 37.9 Å². The average Bonchev–Trinajstić information content (AvgIpc) is 2.12. The molecule has 0 amide bonds. The number of nitrogens with two attached hydrogens (primary N) is 1. The molecule has 0 bridgehead atoms. The average molecular weight is 229 g/mol. The van der Waals surface area contributed by atoms with Gasteiger partial charge in [-0.25, -0.2) is 0 Å². The van der Waals surface area contributed by atoms with Gasteiger partial charge in [0, 0.05) is 5.54 Å². The highest BCUT2D eigenvalue weighted by atomic mass is 19.4. The van der Waals surface area contributed by atoms with Crippen LogP contribution >= 0.6 is 0 Å². The van der Waals surface area contributed by atoms with Crippen LogP contribution in [0.25, 0.3) is 0 Å². The van der Waals surface area contributed by atoms with Crippen LogP contribution in [0.5, 0.6) is 0 Å². The van der Waals surface area contributed by atoms with E-state index in [-0.39, 0.29) is 5.56 Å². The summed E-state index contributed by atoms with van der Waals surface area (Å²) < 4.78 is 38.6. The fraction of sp³-hybridized carbons (Fsp3) is 0.500. The van der Waals surface area contributed by atoms with Crippen LogP contribution < -0.4 is 5.73 Å². The third kappa shape index (κ3) is 1.71. The highest BCUT2D eigenvalue weighted by Gasteiger charge is 2.43. The first-order valence-electron chi connectivity index (χ1n) is 5.31. The van der Waals surface area contributed by atoms with Crippen LogP contribution in [-0.2, 0) is 11.7 Å². The monoisotopic (exact) mass is 229 g/mol. The lowest BCUT2D eigenvalue weighted by Crippen LogP contribution is -2.45. The van der Waals surface area contributed by atoms with E-state index in [1.54, 1.807) is 13.0 Å². The van der Waals surface area contributed by atoms with Crippen LogP contribution in [0.4, 0.5) is 13.2 Å². The Kier molecular flexibility index (Phi) is 2.49. The van der Waals surface area contributed by atoms with Crippen LogP contribution in [-0.4, -0.2) is 0 Å². The molecule has 1 aromatic rings. The van der Waals surface area contributed by atoms with Gasteiger partial charge in [-0.3, -0.25) is 0 Å². The molecular weight excluding hydrogens is 215 g/mol. The van der Waals surface area contributed by atoms with Gasteiger partial charge in [-0.1, -0.05) is 12.1 Å². The number of halogens is 3. The minimum Gasteiger partial charge on any atom is -0.321 e. The zero-order valence-corrected chi connectivity index (χ0v) is 9.06. The summed E-state index contributed by atoms with van der Waals surface area (Å²) in [4.78, 5) is 0. The molecule has 0 aliphatic heterocycles. The Morgan fingerprint density at radius 1 is 1.25 bits per heavy atom. The van der Waals surface area contributed by atoms with Crippen molar-refractivity contribution in [2.75, 3.05) is 0 Å². The van der Waals surface area contributed by atoms with E-state index in [0.29, 0.717) is 18.4 Å². The van der Waals surface area contributed by atoms with Crippen LogP contribution in [0, 0.1) is 6.92 Å². The van der Waals surface area contributed by atoms with E-state index in [1.165, 1.54) is 6.07 Å². The summed E-state index contributed by atoms with van der Waals surface area (Å²) in [6.07, 6.45) is -2.13. The zero-order chi connectivity index (χ0) is 12.0. The van der Waals surface area contributed by atoms with Crippen LogP contribution in [0.3, 0.4) is 0 Å². The molecule has 2 N–H and O–H groups in total. The molecule has 0 aromatic heterocycles. The highest BCUT2D eigenvalue weighted by Crippen LogP contribution is 2.45. The van der Waals surface area contributed by atoms with Crippen LogP contribution in [0.2, 0.25) is 0 Å². The minimum absolute atomic E-state index is 0.286. The van der Waals surface area contributed by atoms with Crippen LogP contribution in [0.15, 0.2) is 18.2 Å². The number of benzene rings is 1. The van der Waals surface area contributed by atoms with Gasteiger partial charge in [0.2, 0.25) is 0 Å². The lowest BCUT2D eigenvalue weighted by atomic mass is 9.70. The lowest BCUT2D eigenvalue weighted by molar-refractivity contribution is -0.139. The topological polar surface area (TPSA) is 26.0 Å². The molecule has 1 fully saturated rings. The van der Waals surface area contributed by atoms with Gasteiger partial charge in [-0.05, 0) is 43.4 Å². The third-order valence-electron chi connectivity index (χ3n) is 3.32. The molecule has 0 saturated heterocycles. The number of hydrogen-bond acceptors (Lipinski definition) is 1. The van der Waals surface area contributed by atoms with E-state index >= 15 is 0 Å². The summed E-state index contributed by atoms with van der Waals surface area (Å²) >= 11 is 0. The molecule has 0 radical (unpaired) electrons. The number of alkyl halides is 3. The molecule has 1 aliphatic rings. The minimum atomic E-state index is -4.32. The Labute approximate surface area is 92.5 Å². The standard InChI is InChI=1S/C12H14F3N/c1-8-4-2-5-9(12(13,14)15)10(8)11(16)6-3-7-11/h2,4-5H,3,6-7,16H2,1H3. The largest absolute Gasteiger partial charge is 0.416 e. The summed E-state index contributed by atoms with van der Waals surface area (Å²) in [5, 5.41) is 0. The summed E-state index contributed by atoms with van der Waals surface area (Å²) in [5.41, 5.74) is 5.60. The van der Waals surface area contributed by atoms with Crippen molar-refractivity contribution in [1.29, 1.82) is 0 Å². The lowest BCUT2D eigenvalue weighted by Gasteiger charge is -2.41. The van der Waals surface area contributed by atoms with Crippen molar-refractivity contribution in [2.24, 2.45) is 5.73 Å². The molecule has 0 heterocycles. The third-order valence-corrected chi connectivity index (χ3v) is 3.32. The maximum Gasteiger partial charge on any atom is 0.416 e. The van der Waals surface area contributed by atoms with Gasteiger partial charge in [0.1, 0.15) is 0 Å². The quantitative estimate of drug-likeness (QED) is 0.785. The maximum absolute atomic E-state index is 12.9. The van der Waals surface area contributed by atoms with E-state index in [4.69, 9.17) is 5.73 Å².